The van der Waals surface area contributed by atoms with Crippen molar-refractivity contribution in [3.8, 4) is 5.75 Å². The minimum Gasteiger partial charge on any atom is -0.494 e. The fourth-order valence-electron chi connectivity index (χ4n) is 3.69. The summed E-state index contributed by atoms with van der Waals surface area (Å²) in [6.45, 7) is 0.393. The fourth-order valence-corrected chi connectivity index (χ4v) is 4.52. The molecule has 36 heavy (non-hydrogen) atoms. The average molecular weight is 510 g/mol. The summed E-state index contributed by atoms with van der Waals surface area (Å²) >= 11 is 0.653. The molecular weight excluding hydrogens is 489 g/mol. The van der Waals surface area contributed by atoms with E-state index in [1.54, 1.807) is 0 Å². The van der Waals surface area contributed by atoms with Crippen molar-refractivity contribution in [2.75, 3.05) is 23.1 Å². The zero-order valence-electron chi connectivity index (χ0n) is 18.8. The van der Waals surface area contributed by atoms with E-state index in [0.717, 1.165) is 22.4 Å². The number of carboxylic acid groups (broad SMARTS) is 2. The number of aromatic carboxylic acids is 2. The first-order valence-electron chi connectivity index (χ1n) is 10.5. The molecule has 0 spiro atoms. The SMILES string of the molecule is COc1cc(F)c(NC(=O)Nc2csc(C(=O)O)c2C(=O)O)cc1NCc1cccc2ccccc12. The number of halogens is 1. The van der Waals surface area contributed by atoms with Crippen LogP contribution in [0.1, 0.15) is 25.6 Å². The van der Waals surface area contributed by atoms with Crippen molar-refractivity contribution in [3.63, 3.8) is 0 Å². The van der Waals surface area contributed by atoms with E-state index in [-0.39, 0.29) is 17.1 Å². The number of rotatable bonds is 8. The van der Waals surface area contributed by atoms with Gasteiger partial charge in [-0.1, -0.05) is 42.5 Å². The van der Waals surface area contributed by atoms with Crippen molar-refractivity contribution in [1.29, 1.82) is 0 Å². The summed E-state index contributed by atoms with van der Waals surface area (Å²) in [6, 6.07) is 15.3. The lowest BCUT2D eigenvalue weighted by Gasteiger charge is -2.16. The molecule has 3 aromatic carbocycles. The van der Waals surface area contributed by atoms with Crippen molar-refractivity contribution < 1.29 is 33.7 Å². The van der Waals surface area contributed by atoms with Gasteiger partial charge in [0.25, 0.3) is 0 Å². The van der Waals surface area contributed by atoms with Crippen molar-refractivity contribution in [2.24, 2.45) is 0 Å². The second kappa shape index (κ2) is 10.3. The number of hydrogen-bond acceptors (Lipinski definition) is 6. The molecule has 1 heterocycles. The van der Waals surface area contributed by atoms with E-state index in [2.05, 4.69) is 16.0 Å². The third kappa shape index (κ3) is 5.05. The Balaban J connectivity index is 1.55. The minimum atomic E-state index is -1.51. The maximum Gasteiger partial charge on any atom is 0.346 e. The maximum atomic E-state index is 14.7. The number of ether oxygens (including phenoxy) is 1. The molecule has 11 heteroatoms. The molecule has 184 valence electrons. The largest absolute Gasteiger partial charge is 0.494 e. The van der Waals surface area contributed by atoms with Gasteiger partial charge < -0.3 is 30.9 Å². The summed E-state index contributed by atoms with van der Waals surface area (Å²) in [5.74, 6) is -3.52. The van der Waals surface area contributed by atoms with Crippen LogP contribution in [-0.2, 0) is 6.54 Å². The molecule has 4 rings (SSSR count). The number of benzene rings is 3. The highest BCUT2D eigenvalue weighted by Gasteiger charge is 2.24. The third-order valence-corrected chi connectivity index (χ3v) is 6.30. The average Bonchev–Trinajstić information content (AvgIpc) is 3.28. The lowest BCUT2D eigenvalue weighted by Crippen LogP contribution is -2.21. The second-order valence-electron chi connectivity index (χ2n) is 7.57. The van der Waals surface area contributed by atoms with Gasteiger partial charge in [-0.15, -0.1) is 11.3 Å². The van der Waals surface area contributed by atoms with Crippen molar-refractivity contribution in [1.82, 2.24) is 0 Å². The van der Waals surface area contributed by atoms with Crippen LogP contribution in [0.4, 0.5) is 26.2 Å². The van der Waals surface area contributed by atoms with Gasteiger partial charge in [-0.05, 0) is 22.4 Å². The monoisotopic (exact) mass is 509 g/mol. The molecule has 0 aliphatic rings. The van der Waals surface area contributed by atoms with Crippen LogP contribution in [-0.4, -0.2) is 35.3 Å². The zero-order valence-corrected chi connectivity index (χ0v) is 19.6. The van der Waals surface area contributed by atoms with Gasteiger partial charge in [-0.25, -0.2) is 18.8 Å². The number of thiophene rings is 1. The van der Waals surface area contributed by atoms with E-state index in [1.807, 2.05) is 42.5 Å². The summed E-state index contributed by atoms with van der Waals surface area (Å²) in [4.78, 5) is 34.8. The molecule has 1 aromatic heterocycles. The molecule has 0 aliphatic heterocycles. The zero-order chi connectivity index (χ0) is 25.8. The van der Waals surface area contributed by atoms with Crippen LogP contribution in [0.3, 0.4) is 0 Å². The molecule has 9 nitrogen and oxygen atoms in total. The van der Waals surface area contributed by atoms with Gasteiger partial charge in [0, 0.05) is 18.0 Å². The lowest BCUT2D eigenvalue weighted by molar-refractivity contribution is 0.0657. The highest BCUT2D eigenvalue weighted by molar-refractivity contribution is 7.13. The van der Waals surface area contributed by atoms with Gasteiger partial charge in [0.15, 0.2) is 5.82 Å². The Kier molecular flexibility index (Phi) is 7.02. The van der Waals surface area contributed by atoms with E-state index in [1.165, 1.54) is 18.6 Å². The van der Waals surface area contributed by atoms with Crippen LogP contribution in [0.15, 0.2) is 60.0 Å². The standard InChI is InChI=1S/C25H20FN3O6S/c1-35-20-9-16(26)17(28-25(34)29-19-12-36-22(24(32)33)21(19)23(30)31)10-18(20)27-11-14-7-4-6-13-5-2-3-8-15(13)14/h2-10,12,27H,11H2,1H3,(H,30,31)(H,32,33)(H2,28,29,34). The maximum absolute atomic E-state index is 14.7. The van der Waals surface area contributed by atoms with E-state index in [0.29, 0.717) is 23.6 Å². The number of carbonyl (C=O) groups is 3. The number of anilines is 3. The van der Waals surface area contributed by atoms with Crippen LogP contribution in [0, 0.1) is 5.82 Å². The van der Waals surface area contributed by atoms with Gasteiger partial charge in [-0.2, -0.15) is 0 Å². The number of carboxylic acids is 2. The van der Waals surface area contributed by atoms with E-state index >= 15 is 0 Å². The molecule has 4 aromatic rings. The Morgan fingerprint density at radius 3 is 2.39 bits per heavy atom. The quantitative estimate of drug-likeness (QED) is 0.205. The van der Waals surface area contributed by atoms with E-state index < -0.39 is 34.2 Å². The van der Waals surface area contributed by atoms with Crippen LogP contribution < -0.4 is 20.7 Å². The summed E-state index contributed by atoms with van der Waals surface area (Å²) in [5, 5.41) is 29.6. The number of urea groups is 1. The first-order valence-corrected chi connectivity index (χ1v) is 11.4. The van der Waals surface area contributed by atoms with Gasteiger partial charge in [0.2, 0.25) is 0 Å². The van der Waals surface area contributed by atoms with Crippen molar-refractivity contribution in [3.05, 3.63) is 81.8 Å². The predicted molar refractivity (Wildman–Crippen MR) is 135 cm³/mol. The Morgan fingerprint density at radius 2 is 1.67 bits per heavy atom. The topological polar surface area (TPSA) is 137 Å². The normalized spacial score (nSPS) is 10.6. The number of nitrogens with one attached hydrogen (secondary N) is 3. The van der Waals surface area contributed by atoms with Gasteiger partial charge in [0.05, 0.1) is 24.2 Å². The predicted octanol–water partition coefficient (Wildman–Crippen LogP) is 5.70. The second-order valence-corrected chi connectivity index (χ2v) is 8.45. The fraction of sp³-hybridized carbons (Fsp3) is 0.0800. The van der Waals surface area contributed by atoms with Crippen LogP contribution in [0.5, 0.6) is 5.75 Å². The Hall–Kier alpha value is -4.64. The molecule has 0 radical (unpaired) electrons. The number of methoxy groups -OCH3 is 1. The van der Waals surface area contributed by atoms with Gasteiger partial charge >= 0.3 is 18.0 Å². The first kappa shape index (κ1) is 24.5. The number of carbonyl (C=O) groups excluding carboxylic acids is 1. The highest BCUT2D eigenvalue weighted by Crippen LogP contribution is 2.32. The van der Waals surface area contributed by atoms with Crippen molar-refractivity contribution >= 4 is 57.1 Å². The molecule has 0 bridgehead atoms. The van der Waals surface area contributed by atoms with Crippen molar-refractivity contribution in [2.45, 2.75) is 6.54 Å². The first-order chi connectivity index (χ1) is 17.3. The van der Waals surface area contributed by atoms with Crippen LogP contribution >= 0.6 is 11.3 Å². The molecule has 0 saturated heterocycles. The summed E-state index contributed by atoms with van der Waals surface area (Å²) in [7, 11) is 1.39. The molecule has 5 N–H and O–H groups in total. The molecule has 0 aliphatic carbocycles. The molecule has 0 fully saturated rings. The van der Waals surface area contributed by atoms with E-state index in [9.17, 15) is 23.9 Å². The summed E-state index contributed by atoms with van der Waals surface area (Å²) < 4.78 is 20.0. The molecule has 0 atom stereocenters. The van der Waals surface area contributed by atoms with Crippen LogP contribution in [0.25, 0.3) is 10.8 Å². The Morgan fingerprint density at radius 1 is 0.944 bits per heavy atom. The third-order valence-electron chi connectivity index (χ3n) is 5.33. The molecule has 2 amide bonds. The smallest absolute Gasteiger partial charge is 0.346 e. The van der Waals surface area contributed by atoms with Crippen LogP contribution in [0.2, 0.25) is 0 Å². The molecule has 0 saturated carbocycles. The Labute approximate surface area is 208 Å². The highest BCUT2D eigenvalue weighted by atomic mass is 32.1. The Bertz CT molecular complexity index is 1480. The van der Waals surface area contributed by atoms with E-state index in [4.69, 9.17) is 9.84 Å². The number of hydrogen-bond donors (Lipinski definition) is 5. The summed E-state index contributed by atoms with van der Waals surface area (Å²) in [5.41, 5.74) is 0.442. The minimum absolute atomic E-state index is 0.195. The van der Waals surface area contributed by atoms with Gasteiger partial charge in [-0.3, -0.25) is 0 Å². The number of fused-ring (bicyclic) bond motifs is 1. The molecular formula is C25H20FN3O6S. The van der Waals surface area contributed by atoms with Gasteiger partial charge in [0.1, 0.15) is 16.2 Å². The number of amides is 2. The lowest BCUT2D eigenvalue weighted by atomic mass is 10.0. The molecule has 0 unspecified atom stereocenters. The summed E-state index contributed by atoms with van der Waals surface area (Å²) in [6.07, 6.45) is 0.